The van der Waals surface area contributed by atoms with E-state index in [1.54, 1.807) is 24.3 Å². The smallest absolute Gasteiger partial charge is 0.196 e. The molecule has 26 heavy (non-hydrogen) atoms. The maximum Gasteiger partial charge on any atom is 0.196 e. The van der Waals surface area contributed by atoms with E-state index >= 15 is 0 Å². The molecule has 2 aromatic rings. The fourth-order valence-electron chi connectivity index (χ4n) is 3.13. The molecule has 1 saturated heterocycles. The Morgan fingerprint density at radius 1 is 1.15 bits per heavy atom. The fraction of sp³-hybridized carbons (Fsp3) is 0.333. The molecule has 1 heterocycles. The molecule has 0 aliphatic carbocycles. The Kier molecular flexibility index (Phi) is 5.98. The first-order chi connectivity index (χ1) is 12.7. The number of likely N-dealkylation sites (tertiary alicyclic amines) is 1. The summed E-state index contributed by atoms with van der Waals surface area (Å²) in [5.74, 6) is -0.504. The minimum Gasteiger partial charge on any atom is -0.492 e. The molecule has 1 aliphatic heterocycles. The highest BCUT2D eigenvalue weighted by atomic mass is 19.1. The molecule has 2 aromatic carbocycles. The van der Waals surface area contributed by atoms with Crippen LogP contribution in [0.2, 0.25) is 0 Å². The normalized spacial score (nSPS) is 14.6. The molecule has 4 nitrogen and oxygen atoms in total. The van der Waals surface area contributed by atoms with Gasteiger partial charge in [-0.2, -0.15) is 5.26 Å². The number of carbonyl (C=O) groups excluding carboxylic acids is 1. The van der Waals surface area contributed by atoms with Crippen molar-refractivity contribution in [1.29, 1.82) is 5.26 Å². The molecular weight excluding hydrogens is 331 g/mol. The molecule has 0 amide bonds. The maximum atomic E-state index is 14.0. The van der Waals surface area contributed by atoms with Crippen molar-refractivity contribution in [3.8, 4) is 11.8 Å². The van der Waals surface area contributed by atoms with Crippen molar-refractivity contribution in [2.45, 2.75) is 19.3 Å². The van der Waals surface area contributed by atoms with Gasteiger partial charge in [0.1, 0.15) is 18.2 Å². The van der Waals surface area contributed by atoms with Crippen molar-refractivity contribution in [1.82, 2.24) is 4.90 Å². The van der Waals surface area contributed by atoms with E-state index in [1.807, 2.05) is 6.07 Å². The molecule has 0 bridgehead atoms. The highest BCUT2D eigenvalue weighted by Crippen LogP contribution is 2.19. The van der Waals surface area contributed by atoms with Crippen molar-refractivity contribution < 1.29 is 13.9 Å². The van der Waals surface area contributed by atoms with Gasteiger partial charge in [0, 0.05) is 12.1 Å². The number of rotatable bonds is 6. The van der Waals surface area contributed by atoms with Crippen LogP contribution < -0.4 is 4.74 Å². The van der Waals surface area contributed by atoms with Crippen LogP contribution in [0, 0.1) is 17.1 Å². The van der Waals surface area contributed by atoms with E-state index in [-0.39, 0.29) is 11.1 Å². The van der Waals surface area contributed by atoms with Gasteiger partial charge in [-0.1, -0.05) is 18.6 Å². The van der Waals surface area contributed by atoms with Gasteiger partial charge in [0.05, 0.1) is 17.2 Å². The topological polar surface area (TPSA) is 53.3 Å². The van der Waals surface area contributed by atoms with Crippen LogP contribution in [0.3, 0.4) is 0 Å². The summed E-state index contributed by atoms with van der Waals surface area (Å²) < 4.78 is 19.8. The molecule has 0 aromatic heterocycles. The van der Waals surface area contributed by atoms with E-state index < -0.39 is 11.6 Å². The zero-order valence-corrected chi connectivity index (χ0v) is 14.6. The lowest BCUT2D eigenvalue weighted by Gasteiger charge is -2.26. The molecule has 0 spiro atoms. The molecule has 0 radical (unpaired) electrons. The Morgan fingerprint density at radius 2 is 1.96 bits per heavy atom. The van der Waals surface area contributed by atoms with Crippen LogP contribution in [0.25, 0.3) is 0 Å². The first-order valence-corrected chi connectivity index (χ1v) is 8.87. The van der Waals surface area contributed by atoms with Crippen LogP contribution in [0.4, 0.5) is 4.39 Å². The number of carbonyl (C=O) groups is 1. The zero-order valence-electron chi connectivity index (χ0n) is 14.6. The molecule has 1 aliphatic rings. The summed E-state index contributed by atoms with van der Waals surface area (Å²) in [6.07, 6.45) is 3.76. The van der Waals surface area contributed by atoms with Gasteiger partial charge in [0.15, 0.2) is 5.78 Å². The minimum atomic E-state index is -0.634. The number of hydrogen-bond donors (Lipinski definition) is 0. The van der Waals surface area contributed by atoms with Gasteiger partial charge in [-0.3, -0.25) is 9.69 Å². The number of hydrogen-bond acceptors (Lipinski definition) is 4. The second-order valence-corrected chi connectivity index (χ2v) is 6.41. The summed E-state index contributed by atoms with van der Waals surface area (Å²) in [7, 11) is 0. The Hall–Kier alpha value is -2.71. The van der Waals surface area contributed by atoms with Crippen molar-refractivity contribution in [3.63, 3.8) is 0 Å². The lowest BCUT2D eigenvalue weighted by atomic mass is 10.0. The second-order valence-electron chi connectivity index (χ2n) is 6.41. The van der Waals surface area contributed by atoms with E-state index in [1.165, 1.54) is 31.4 Å². The summed E-state index contributed by atoms with van der Waals surface area (Å²) in [4.78, 5) is 15.0. The van der Waals surface area contributed by atoms with E-state index in [9.17, 15) is 9.18 Å². The Balaban J connectivity index is 1.66. The van der Waals surface area contributed by atoms with Gasteiger partial charge in [0.25, 0.3) is 0 Å². The largest absolute Gasteiger partial charge is 0.492 e. The Morgan fingerprint density at radius 3 is 2.73 bits per heavy atom. The first kappa shape index (κ1) is 18.1. The number of piperidine rings is 1. The van der Waals surface area contributed by atoms with Crippen LogP contribution >= 0.6 is 0 Å². The Labute approximate surface area is 152 Å². The van der Waals surface area contributed by atoms with Gasteiger partial charge in [-0.25, -0.2) is 4.39 Å². The average molecular weight is 352 g/mol. The molecule has 0 N–H and O–H groups in total. The Bertz CT molecular complexity index is 823. The average Bonchev–Trinajstić information content (AvgIpc) is 2.69. The quantitative estimate of drug-likeness (QED) is 0.742. The zero-order chi connectivity index (χ0) is 18.4. The molecule has 1 fully saturated rings. The molecule has 5 heteroatoms. The van der Waals surface area contributed by atoms with Gasteiger partial charge in [0.2, 0.25) is 0 Å². The molecule has 0 saturated carbocycles. The lowest BCUT2D eigenvalue weighted by molar-refractivity contribution is 0.103. The maximum absolute atomic E-state index is 14.0. The predicted molar refractivity (Wildman–Crippen MR) is 96.8 cm³/mol. The number of ether oxygens (including phenoxy) is 1. The van der Waals surface area contributed by atoms with E-state index in [4.69, 9.17) is 10.00 Å². The lowest BCUT2D eigenvalue weighted by Crippen LogP contribution is -2.33. The monoisotopic (exact) mass is 352 g/mol. The molecule has 3 rings (SSSR count). The van der Waals surface area contributed by atoms with E-state index in [2.05, 4.69) is 4.90 Å². The molecular formula is C21H21FN2O2. The van der Waals surface area contributed by atoms with Gasteiger partial charge < -0.3 is 4.74 Å². The SMILES string of the molecule is N#Cc1ccc(F)c(C(=O)c2cccc(OCCN3CCCCC3)c2)c1. The third kappa shape index (κ3) is 4.47. The van der Waals surface area contributed by atoms with Gasteiger partial charge >= 0.3 is 0 Å². The summed E-state index contributed by atoms with van der Waals surface area (Å²) in [5.41, 5.74) is 0.493. The molecule has 0 atom stereocenters. The number of halogens is 1. The summed E-state index contributed by atoms with van der Waals surface area (Å²) in [6.45, 7) is 3.62. The summed E-state index contributed by atoms with van der Waals surface area (Å²) >= 11 is 0. The van der Waals surface area contributed by atoms with Crippen molar-refractivity contribution in [2.24, 2.45) is 0 Å². The fourth-order valence-corrected chi connectivity index (χ4v) is 3.13. The van der Waals surface area contributed by atoms with Crippen LogP contribution in [0.5, 0.6) is 5.75 Å². The summed E-state index contributed by atoms with van der Waals surface area (Å²) in [5, 5.41) is 8.95. The third-order valence-corrected chi connectivity index (χ3v) is 4.56. The van der Waals surface area contributed by atoms with E-state index in [0.717, 1.165) is 25.7 Å². The number of ketones is 1. The third-order valence-electron chi connectivity index (χ3n) is 4.56. The van der Waals surface area contributed by atoms with E-state index in [0.29, 0.717) is 17.9 Å². The number of benzene rings is 2. The van der Waals surface area contributed by atoms with Crippen LogP contribution in [0.1, 0.15) is 40.7 Å². The van der Waals surface area contributed by atoms with Gasteiger partial charge in [-0.05, 0) is 56.3 Å². The van der Waals surface area contributed by atoms with Crippen LogP contribution in [-0.2, 0) is 0 Å². The number of nitriles is 1. The summed E-state index contributed by atoms with van der Waals surface area (Å²) in [6, 6.07) is 12.4. The predicted octanol–water partition coefficient (Wildman–Crippen LogP) is 3.79. The van der Waals surface area contributed by atoms with Gasteiger partial charge in [-0.15, -0.1) is 0 Å². The number of nitrogens with zero attached hydrogens (tertiary/aromatic N) is 2. The first-order valence-electron chi connectivity index (χ1n) is 8.87. The second kappa shape index (κ2) is 8.59. The minimum absolute atomic E-state index is 0.102. The highest BCUT2D eigenvalue weighted by molar-refractivity contribution is 6.09. The van der Waals surface area contributed by atoms with Crippen molar-refractivity contribution in [2.75, 3.05) is 26.2 Å². The van der Waals surface area contributed by atoms with Crippen LogP contribution in [-0.4, -0.2) is 36.9 Å². The van der Waals surface area contributed by atoms with Crippen LogP contribution in [0.15, 0.2) is 42.5 Å². The standard InChI is InChI=1S/C21H21FN2O2/c22-20-8-7-16(15-23)13-19(20)21(25)17-5-4-6-18(14-17)26-12-11-24-9-2-1-3-10-24/h4-8,13-14H,1-3,9-12H2. The highest BCUT2D eigenvalue weighted by Gasteiger charge is 2.16. The van der Waals surface area contributed by atoms with Crippen molar-refractivity contribution >= 4 is 5.78 Å². The molecule has 134 valence electrons. The van der Waals surface area contributed by atoms with Crippen molar-refractivity contribution in [3.05, 3.63) is 65.0 Å². The molecule has 0 unspecified atom stereocenters.